The van der Waals surface area contributed by atoms with E-state index in [0.717, 1.165) is 22.6 Å². The van der Waals surface area contributed by atoms with E-state index in [1.54, 1.807) is 0 Å². The Hall–Kier alpha value is -1.80. The van der Waals surface area contributed by atoms with Crippen LogP contribution in [0.25, 0.3) is 0 Å². The lowest BCUT2D eigenvalue weighted by atomic mass is 10.0. The van der Waals surface area contributed by atoms with Crippen LogP contribution in [0.1, 0.15) is 36.5 Å². The zero-order valence-electron chi connectivity index (χ0n) is 11.8. The maximum Gasteiger partial charge on any atom is 0.130 e. The largest absolute Gasteiger partial charge is 0.457 e. The van der Waals surface area contributed by atoms with E-state index in [9.17, 15) is 0 Å². The Morgan fingerprint density at radius 3 is 2.53 bits per heavy atom. The number of ether oxygens (including phenoxy) is 1. The van der Waals surface area contributed by atoms with Crippen molar-refractivity contribution in [2.45, 2.75) is 33.2 Å². The molecule has 0 saturated heterocycles. The molecule has 0 aliphatic carbocycles. The summed E-state index contributed by atoms with van der Waals surface area (Å²) in [6.45, 7) is 6.96. The van der Waals surface area contributed by atoms with Crippen molar-refractivity contribution in [3.8, 4) is 11.5 Å². The van der Waals surface area contributed by atoms with Gasteiger partial charge in [0.05, 0.1) is 0 Å². The smallest absolute Gasteiger partial charge is 0.130 e. The summed E-state index contributed by atoms with van der Waals surface area (Å²) in [6.07, 6.45) is 0. The maximum absolute atomic E-state index is 5.96. The van der Waals surface area contributed by atoms with Gasteiger partial charge in [0.25, 0.3) is 0 Å². The molecule has 2 nitrogen and oxygen atoms in total. The molecule has 0 aliphatic heterocycles. The molecule has 0 amide bonds. The summed E-state index contributed by atoms with van der Waals surface area (Å²) in [5.74, 6) is 2.28. The van der Waals surface area contributed by atoms with Crippen molar-refractivity contribution in [1.29, 1.82) is 0 Å². The second-order valence-corrected chi connectivity index (χ2v) is 5.13. The lowest BCUT2D eigenvalue weighted by molar-refractivity contribution is 0.477. The van der Waals surface area contributed by atoms with Crippen LogP contribution in [0.2, 0.25) is 0 Å². The molecule has 2 aromatic rings. The highest BCUT2D eigenvalue weighted by Gasteiger charge is 2.05. The van der Waals surface area contributed by atoms with Crippen molar-refractivity contribution >= 4 is 0 Å². The van der Waals surface area contributed by atoms with Crippen molar-refractivity contribution in [2.75, 3.05) is 0 Å². The number of benzene rings is 2. The van der Waals surface area contributed by atoms with Gasteiger partial charge in [-0.25, -0.2) is 0 Å². The molecule has 0 spiro atoms. The zero-order valence-corrected chi connectivity index (χ0v) is 11.8. The molecule has 0 bridgehead atoms. The number of aryl methyl sites for hydroxylation is 1. The van der Waals surface area contributed by atoms with Gasteiger partial charge in [0.2, 0.25) is 0 Å². The summed E-state index contributed by atoms with van der Waals surface area (Å²) in [5.41, 5.74) is 9.15. The highest BCUT2D eigenvalue weighted by atomic mass is 16.5. The van der Waals surface area contributed by atoms with Crippen LogP contribution in [-0.2, 0) is 6.54 Å². The van der Waals surface area contributed by atoms with Gasteiger partial charge in [-0.05, 0) is 47.7 Å². The van der Waals surface area contributed by atoms with Crippen LogP contribution in [0.5, 0.6) is 11.5 Å². The summed E-state index contributed by atoms with van der Waals surface area (Å²) in [6, 6.07) is 14.3. The lowest BCUT2D eigenvalue weighted by Gasteiger charge is -2.12. The molecule has 2 rings (SSSR count). The minimum Gasteiger partial charge on any atom is -0.457 e. The number of nitrogens with two attached hydrogens (primary N) is 1. The fourth-order valence-corrected chi connectivity index (χ4v) is 2.02. The van der Waals surface area contributed by atoms with E-state index in [-0.39, 0.29) is 0 Å². The average molecular weight is 255 g/mol. The maximum atomic E-state index is 5.96. The Morgan fingerprint density at radius 1 is 1.11 bits per heavy atom. The summed E-state index contributed by atoms with van der Waals surface area (Å²) in [5, 5.41) is 0. The molecule has 100 valence electrons. The topological polar surface area (TPSA) is 35.2 Å². The van der Waals surface area contributed by atoms with Crippen molar-refractivity contribution < 1.29 is 4.74 Å². The molecule has 0 heterocycles. The van der Waals surface area contributed by atoms with E-state index in [1.165, 1.54) is 5.56 Å². The van der Waals surface area contributed by atoms with Gasteiger partial charge in [-0.1, -0.05) is 38.1 Å². The van der Waals surface area contributed by atoms with Crippen LogP contribution in [-0.4, -0.2) is 0 Å². The first-order valence-electron chi connectivity index (χ1n) is 6.67. The molecule has 0 aliphatic rings. The molecule has 2 heteroatoms. The summed E-state index contributed by atoms with van der Waals surface area (Å²) < 4.78 is 5.96. The van der Waals surface area contributed by atoms with Crippen LogP contribution in [0.4, 0.5) is 0 Å². The molecule has 2 N–H and O–H groups in total. The van der Waals surface area contributed by atoms with E-state index in [0.29, 0.717) is 12.5 Å². The third kappa shape index (κ3) is 3.36. The van der Waals surface area contributed by atoms with E-state index in [1.807, 2.05) is 31.2 Å². The Bertz CT molecular complexity index is 561. The van der Waals surface area contributed by atoms with Gasteiger partial charge in [-0.15, -0.1) is 0 Å². The molecule has 19 heavy (non-hydrogen) atoms. The van der Waals surface area contributed by atoms with Crippen molar-refractivity contribution in [3.63, 3.8) is 0 Å². The quantitative estimate of drug-likeness (QED) is 0.880. The third-order valence-electron chi connectivity index (χ3n) is 3.23. The molecule has 2 aromatic carbocycles. The third-order valence-corrected chi connectivity index (χ3v) is 3.23. The van der Waals surface area contributed by atoms with Crippen molar-refractivity contribution in [1.82, 2.24) is 0 Å². The lowest BCUT2D eigenvalue weighted by Crippen LogP contribution is -1.97. The second kappa shape index (κ2) is 5.89. The van der Waals surface area contributed by atoms with E-state index < -0.39 is 0 Å². The van der Waals surface area contributed by atoms with Crippen LogP contribution < -0.4 is 10.5 Å². The van der Waals surface area contributed by atoms with Gasteiger partial charge in [0, 0.05) is 6.54 Å². The molecule has 0 atom stereocenters. The molecule has 0 aromatic heterocycles. The van der Waals surface area contributed by atoms with Gasteiger partial charge in [0.15, 0.2) is 0 Å². The first-order chi connectivity index (χ1) is 9.10. The molecule has 0 radical (unpaired) electrons. The first-order valence-corrected chi connectivity index (χ1v) is 6.67. The van der Waals surface area contributed by atoms with Crippen molar-refractivity contribution in [2.24, 2.45) is 5.73 Å². The van der Waals surface area contributed by atoms with Gasteiger partial charge < -0.3 is 10.5 Å². The minimum atomic E-state index is 0.504. The van der Waals surface area contributed by atoms with Crippen LogP contribution in [0.3, 0.4) is 0 Å². The van der Waals surface area contributed by atoms with Crippen LogP contribution in [0, 0.1) is 6.92 Å². The second-order valence-electron chi connectivity index (χ2n) is 5.13. The highest BCUT2D eigenvalue weighted by Crippen LogP contribution is 2.28. The SMILES string of the molecule is Cc1cc(CN)ccc1Oc1cccc(C(C)C)c1. The fourth-order valence-electron chi connectivity index (χ4n) is 2.02. The van der Waals surface area contributed by atoms with Gasteiger partial charge in [-0.2, -0.15) is 0 Å². The monoisotopic (exact) mass is 255 g/mol. The Balaban J connectivity index is 2.23. The van der Waals surface area contributed by atoms with Crippen LogP contribution >= 0.6 is 0 Å². The Morgan fingerprint density at radius 2 is 1.89 bits per heavy atom. The van der Waals surface area contributed by atoms with Gasteiger partial charge >= 0.3 is 0 Å². The number of rotatable bonds is 4. The molecule has 0 fully saturated rings. The molecule has 0 unspecified atom stereocenters. The Labute approximate surface area is 115 Å². The fraction of sp³-hybridized carbons (Fsp3) is 0.294. The summed E-state index contributed by atoms with van der Waals surface area (Å²) >= 11 is 0. The van der Waals surface area contributed by atoms with Crippen LogP contribution in [0.15, 0.2) is 42.5 Å². The number of hydrogen-bond donors (Lipinski definition) is 1. The van der Waals surface area contributed by atoms with E-state index in [2.05, 4.69) is 32.0 Å². The Kier molecular flexibility index (Phi) is 4.23. The highest BCUT2D eigenvalue weighted by molar-refractivity contribution is 5.40. The van der Waals surface area contributed by atoms with Crippen molar-refractivity contribution in [3.05, 3.63) is 59.2 Å². The molecule has 0 saturated carbocycles. The predicted molar refractivity (Wildman–Crippen MR) is 79.7 cm³/mol. The normalized spacial score (nSPS) is 10.8. The van der Waals surface area contributed by atoms with E-state index >= 15 is 0 Å². The minimum absolute atomic E-state index is 0.504. The van der Waals surface area contributed by atoms with Gasteiger partial charge in [0.1, 0.15) is 11.5 Å². The van der Waals surface area contributed by atoms with Gasteiger partial charge in [-0.3, -0.25) is 0 Å². The summed E-state index contributed by atoms with van der Waals surface area (Å²) in [4.78, 5) is 0. The number of hydrogen-bond acceptors (Lipinski definition) is 2. The zero-order chi connectivity index (χ0) is 13.8. The average Bonchev–Trinajstić information content (AvgIpc) is 2.41. The molecular formula is C17H21NO. The van der Waals surface area contributed by atoms with E-state index in [4.69, 9.17) is 10.5 Å². The first kappa shape index (κ1) is 13.6. The summed E-state index contributed by atoms with van der Waals surface area (Å²) in [7, 11) is 0. The predicted octanol–water partition coefficient (Wildman–Crippen LogP) is 4.37. The standard InChI is InChI=1S/C17H21NO/c1-12(2)15-5-4-6-16(10-15)19-17-8-7-14(11-18)9-13(17)3/h4-10,12H,11,18H2,1-3H3. The molecular weight excluding hydrogens is 234 g/mol.